The van der Waals surface area contributed by atoms with Crippen LogP contribution in [0, 0.1) is 5.92 Å². The summed E-state index contributed by atoms with van der Waals surface area (Å²) >= 11 is 0. The van der Waals surface area contributed by atoms with Gasteiger partial charge in [-0.25, -0.2) is 0 Å². The van der Waals surface area contributed by atoms with Gasteiger partial charge in [0, 0.05) is 12.6 Å². The molecular formula is C14H21NO2. The minimum Gasteiger partial charge on any atom is -0.468 e. The molecule has 3 nitrogen and oxygen atoms in total. The van der Waals surface area contributed by atoms with Crippen LogP contribution in [0.25, 0.3) is 0 Å². The van der Waals surface area contributed by atoms with Crippen molar-refractivity contribution in [1.29, 1.82) is 0 Å². The standard InChI is InChI=1S/C14H21NO2/c16-14-5-1-3-11(14)9-15(12-6-7-12)10-13-4-2-8-17-13/h2,4,8,11-12,14,16H,1,3,5-7,9-10H2. The lowest BCUT2D eigenvalue weighted by Gasteiger charge is -2.26. The van der Waals surface area contributed by atoms with Gasteiger partial charge >= 0.3 is 0 Å². The van der Waals surface area contributed by atoms with Crippen LogP contribution < -0.4 is 0 Å². The Morgan fingerprint density at radius 1 is 1.29 bits per heavy atom. The molecule has 94 valence electrons. The fraction of sp³-hybridized carbons (Fsp3) is 0.714. The number of aliphatic hydroxyl groups is 1. The van der Waals surface area contributed by atoms with E-state index in [0.29, 0.717) is 5.92 Å². The topological polar surface area (TPSA) is 36.6 Å². The molecule has 17 heavy (non-hydrogen) atoms. The molecule has 0 amide bonds. The molecular weight excluding hydrogens is 214 g/mol. The second kappa shape index (κ2) is 4.83. The van der Waals surface area contributed by atoms with Gasteiger partial charge in [-0.3, -0.25) is 4.90 Å². The van der Waals surface area contributed by atoms with Gasteiger partial charge in [0.25, 0.3) is 0 Å². The van der Waals surface area contributed by atoms with Crippen LogP contribution >= 0.6 is 0 Å². The van der Waals surface area contributed by atoms with E-state index in [0.717, 1.165) is 31.3 Å². The SMILES string of the molecule is OC1CCCC1CN(Cc1ccco1)C1CC1. The van der Waals surface area contributed by atoms with E-state index in [2.05, 4.69) is 4.90 Å². The Labute approximate surface area is 102 Å². The van der Waals surface area contributed by atoms with Crippen LogP contribution in [0.4, 0.5) is 0 Å². The quantitative estimate of drug-likeness (QED) is 0.851. The predicted octanol–water partition coefficient (Wildman–Crippen LogP) is 2.41. The summed E-state index contributed by atoms with van der Waals surface area (Å²) in [5.41, 5.74) is 0. The van der Waals surface area contributed by atoms with Gasteiger partial charge in [-0.05, 0) is 43.7 Å². The monoisotopic (exact) mass is 235 g/mol. The second-order valence-corrected chi connectivity index (χ2v) is 5.50. The van der Waals surface area contributed by atoms with Gasteiger partial charge in [-0.2, -0.15) is 0 Å². The van der Waals surface area contributed by atoms with E-state index in [1.54, 1.807) is 6.26 Å². The van der Waals surface area contributed by atoms with Crippen molar-refractivity contribution in [2.24, 2.45) is 5.92 Å². The normalized spacial score (nSPS) is 29.1. The zero-order chi connectivity index (χ0) is 11.7. The van der Waals surface area contributed by atoms with Crippen molar-refractivity contribution >= 4 is 0 Å². The summed E-state index contributed by atoms with van der Waals surface area (Å²) in [5, 5.41) is 9.92. The predicted molar refractivity (Wildman–Crippen MR) is 65.5 cm³/mol. The highest BCUT2D eigenvalue weighted by molar-refractivity contribution is 5.00. The Balaban J connectivity index is 1.60. The average Bonchev–Trinajstić information content (AvgIpc) is 2.91. The van der Waals surface area contributed by atoms with Gasteiger partial charge in [0.05, 0.1) is 18.9 Å². The first-order valence-electron chi connectivity index (χ1n) is 6.77. The molecule has 1 N–H and O–H groups in total. The maximum absolute atomic E-state index is 9.92. The van der Waals surface area contributed by atoms with E-state index in [-0.39, 0.29) is 6.10 Å². The van der Waals surface area contributed by atoms with E-state index in [1.165, 1.54) is 25.7 Å². The molecule has 2 unspecified atom stereocenters. The largest absolute Gasteiger partial charge is 0.468 e. The van der Waals surface area contributed by atoms with Crippen LogP contribution in [0.5, 0.6) is 0 Å². The van der Waals surface area contributed by atoms with Gasteiger partial charge in [0.2, 0.25) is 0 Å². The van der Waals surface area contributed by atoms with Crippen molar-refractivity contribution in [3.05, 3.63) is 24.2 Å². The molecule has 2 saturated carbocycles. The second-order valence-electron chi connectivity index (χ2n) is 5.50. The maximum Gasteiger partial charge on any atom is 0.117 e. The number of rotatable bonds is 5. The van der Waals surface area contributed by atoms with Crippen molar-refractivity contribution in [2.45, 2.75) is 50.8 Å². The number of hydrogen-bond acceptors (Lipinski definition) is 3. The van der Waals surface area contributed by atoms with Gasteiger partial charge in [-0.15, -0.1) is 0 Å². The summed E-state index contributed by atoms with van der Waals surface area (Å²) in [6, 6.07) is 4.72. The third-order valence-corrected chi connectivity index (χ3v) is 4.09. The molecule has 1 heterocycles. The number of nitrogens with zero attached hydrogens (tertiary/aromatic N) is 1. The van der Waals surface area contributed by atoms with Crippen molar-refractivity contribution in [3.8, 4) is 0 Å². The molecule has 0 saturated heterocycles. The fourth-order valence-corrected chi connectivity index (χ4v) is 2.92. The van der Waals surface area contributed by atoms with Crippen LogP contribution in [0.15, 0.2) is 22.8 Å². The first-order valence-corrected chi connectivity index (χ1v) is 6.77. The Morgan fingerprint density at radius 3 is 2.76 bits per heavy atom. The molecule has 0 spiro atoms. The van der Waals surface area contributed by atoms with Gasteiger partial charge < -0.3 is 9.52 Å². The zero-order valence-corrected chi connectivity index (χ0v) is 10.2. The molecule has 3 heteroatoms. The van der Waals surface area contributed by atoms with E-state index in [4.69, 9.17) is 4.42 Å². The van der Waals surface area contributed by atoms with E-state index < -0.39 is 0 Å². The van der Waals surface area contributed by atoms with Gasteiger partial charge in [0.1, 0.15) is 5.76 Å². The van der Waals surface area contributed by atoms with Gasteiger partial charge in [0.15, 0.2) is 0 Å². The molecule has 0 aromatic carbocycles. The van der Waals surface area contributed by atoms with Crippen LogP contribution in [0.3, 0.4) is 0 Å². The first-order chi connectivity index (χ1) is 8.33. The third kappa shape index (κ3) is 2.72. The Bertz CT molecular complexity index is 345. The molecule has 2 aliphatic rings. The van der Waals surface area contributed by atoms with Crippen LogP contribution in [-0.2, 0) is 6.54 Å². The molecule has 2 aliphatic carbocycles. The fourth-order valence-electron chi connectivity index (χ4n) is 2.92. The molecule has 2 fully saturated rings. The zero-order valence-electron chi connectivity index (χ0n) is 10.2. The third-order valence-electron chi connectivity index (χ3n) is 4.09. The lowest BCUT2D eigenvalue weighted by atomic mass is 10.1. The highest BCUT2D eigenvalue weighted by Crippen LogP contribution is 2.33. The van der Waals surface area contributed by atoms with E-state index in [1.807, 2.05) is 12.1 Å². The lowest BCUT2D eigenvalue weighted by Crippen LogP contribution is -2.34. The first kappa shape index (κ1) is 11.3. The Morgan fingerprint density at radius 2 is 2.18 bits per heavy atom. The lowest BCUT2D eigenvalue weighted by molar-refractivity contribution is 0.0938. The summed E-state index contributed by atoms with van der Waals surface area (Å²) in [6.45, 7) is 1.94. The highest BCUT2D eigenvalue weighted by Gasteiger charge is 2.34. The number of hydrogen-bond donors (Lipinski definition) is 1. The van der Waals surface area contributed by atoms with Crippen molar-refractivity contribution in [1.82, 2.24) is 4.90 Å². The van der Waals surface area contributed by atoms with Crippen molar-refractivity contribution < 1.29 is 9.52 Å². The van der Waals surface area contributed by atoms with Crippen molar-refractivity contribution in [2.75, 3.05) is 6.54 Å². The molecule has 0 bridgehead atoms. The minimum atomic E-state index is -0.0761. The Hall–Kier alpha value is -0.800. The molecule has 0 radical (unpaired) electrons. The van der Waals surface area contributed by atoms with Crippen LogP contribution in [0.1, 0.15) is 37.9 Å². The summed E-state index contributed by atoms with van der Waals surface area (Å²) in [6.07, 6.45) is 7.64. The minimum absolute atomic E-state index is 0.0761. The van der Waals surface area contributed by atoms with E-state index in [9.17, 15) is 5.11 Å². The summed E-state index contributed by atoms with van der Waals surface area (Å²) in [5.74, 6) is 1.52. The number of furan rings is 1. The van der Waals surface area contributed by atoms with E-state index >= 15 is 0 Å². The smallest absolute Gasteiger partial charge is 0.117 e. The van der Waals surface area contributed by atoms with Crippen LogP contribution in [-0.4, -0.2) is 28.7 Å². The molecule has 2 atom stereocenters. The van der Waals surface area contributed by atoms with Crippen LogP contribution in [0.2, 0.25) is 0 Å². The average molecular weight is 235 g/mol. The molecule has 0 aliphatic heterocycles. The molecule has 1 aromatic rings. The van der Waals surface area contributed by atoms with Gasteiger partial charge in [-0.1, -0.05) is 6.42 Å². The molecule has 1 aromatic heterocycles. The summed E-state index contributed by atoms with van der Waals surface area (Å²) in [7, 11) is 0. The van der Waals surface area contributed by atoms with Crippen molar-refractivity contribution in [3.63, 3.8) is 0 Å². The Kier molecular flexibility index (Phi) is 3.21. The molecule has 3 rings (SSSR count). The maximum atomic E-state index is 9.92. The highest BCUT2D eigenvalue weighted by atomic mass is 16.3. The summed E-state index contributed by atoms with van der Waals surface area (Å²) < 4.78 is 5.43. The summed E-state index contributed by atoms with van der Waals surface area (Å²) in [4.78, 5) is 2.50. The number of aliphatic hydroxyl groups excluding tert-OH is 1.